The standard InChI is InChI=1S/C12H11BrClFO/c1-6(2)10-11(12(10,14)16)7-3-4-9(15)8(13)5-7/h3-5,10-11,16H,1H2,2H3. The predicted molar refractivity (Wildman–Crippen MR) is 65.9 cm³/mol. The van der Waals surface area contributed by atoms with Crippen LogP contribution in [0.3, 0.4) is 0 Å². The predicted octanol–water partition coefficient (Wildman–Crippen LogP) is 3.81. The largest absolute Gasteiger partial charge is 0.374 e. The number of benzene rings is 1. The van der Waals surface area contributed by atoms with E-state index in [4.69, 9.17) is 11.6 Å². The Labute approximate surface area is 107 Å². The molecule has 1 N–H and O–H groups in total. The van der Waals surface area contributed by atoms with Crippen molar-refractivity contribution < 1.29 is 9.50 Å². The highest BCUT2D eigenvalue weighted by Gasteiger charge is 2.64. The average molecular weight is 306 g/mol. The van der Waals surface area contributed by atoms with Crippen molar-refractivity contribution in [1.82, 2.24) is 0 Å². The molecule has 1 fully saturated rings. The Morgan fingerprint density at radius 3 is 2.69 bits per heavy atom. The molecule has 0 spiro atoms. The van der Waals surface area contributed by atoms with Crippen molar-refractivity contribution in [3.05, 3.63) is 46.2 Å². The van der Waals surface area contributed by atoms with E-state index < -0.39 is 5.06 Å². The van der Waals surface area contributed by atoms with Gasteiger partial charge in [-0.2, -0.15) is 0 Å². The quantitative estimate of drug-likeness (QED) is 0.651. The molecule has 0 bridgehead atoms. The highest BCUT2D eigenvalue weighted by atomic mass is 79.9. The molecule has 1 aliphatic carbocycles. The molecule has 1 nitrogen and oxygen atoms in total. The summed E-state index contributed by atoms with van der Waals surface area (Å²) in [6, 6.07) is 4.65. The molecule has 4 heteroatoms. The molecule has 0 saturated heterocycles. The first-order valence-corrected chi connectivity index (χ1v) is 6.04. The molecular formula is C12H11BrClFO. The van der Waals surface area contributed by atoms with Crippen LogP contribution in [0.15, 0.2) is 34.8 Å². The third kappa shape index (κ3) is 1.81. The van der Waals surface area contributed by atoms with Crippen LogP contribution in [0.2, 0.25) is 0 Å². The molecule has 1 aliphatic rings. The van der Waals surface area contributed by atoms with Crippen molar-refractivity contribution in [2.24, 2.45) is 5.92 Å². The Kier molecular flexibility index (Phi) is 2.89. The van der Waals surface area contributed by atoms with E-state index in [1.807, 2.05) is 6.92 Å². The molecule has 0 radical (unpaired) electrons. The summed E-state index contributed by atoms with van der Waals surface area (Å²) in [5, 5.41) is 8.66. The summed E-state index contributed by atoms with van der Waals surface area (Å²) in [5.41, 5.74) is 1.65. The first kappa shape index (κ1) is 12.1. The molecular weight excluding hydrogens is 294 g/mol. The van der Waals surface area contributed by atoms with Crippen LogP contribution in [0, 0.1) is 11.7 Å². The van der Waals surface area contributed by atoms with Crippen molar-refractivity contribution >= 4 is 27.5 Å². The summed E-state index contributed by atoms with van der Waals surface area (Å²) >= 11 is 9.10. The second kappa shape index (κ2) is 3.83. The van der Waals surface area contributed by atoms with Crippen molar-refractivity contribution in [2.45, 2.75) is 17.9 Å². The molecule has 0 aromatic heterocycles. The molecule has 0 heterocycles. The SMILES string of the molecule is C=C(C)C1C(c2ccc(F)c(Br)c2)C1(O)Cl. The zero-order chi connectivity index (χ0) is 12.1. The van der Waals surface area contributed by atoms with Gasteiger partial charge in [-0.1, -0.05) is 29.8 Å². The van der Waals surface area contributed by atoms with Crippen LogP contribution in [0.25, 0.3) is 0 Å². The van der Waals surface area contributed by atoms with Crippen LogP contribution >= 0.6 is 27.5 Å². The number of halogens is 3. The molecule has 0 aliphatic heterocycles. The molecule has 16 heavy (non-hydrogen) atoms. The third-order valence-electron chi connectivity index (χ3n) is 2.93. The molecule has 0 amide bonds. The minimum atomic E-state index is -1.27. The van der Waals surface area contributed by atoms with Crippen LogP contribution in [-0.4, -0.2) is 10.2 Å². The van der Waals surface area contributed by atoms with Gasteiger partial charge in [0.1, 0.15) is 5.82 Å². The van der Waals surface area contributed by atoms with Gasteiger partial charge in [0.15, 0.2) is 5.06 Å². The van der Waals surface area contributed by atoms with Gasteiger partial charge in [-0.05, 0) is 40.5 Å². The number of aliphatic hydroxyl groups is 1. The first-order chi connectivity index (χ1) is 7.35. The molecule has 1 aromatic carbocycles. The van der Waals surface area contributed by atoms with Crippen LogP contribution in [0.5, 0.6) is 0 Å². The lowest BCUT2D eigenvalue weighted by molar-refractivity contribution is 0.219. The zero-order valence-electron chi connectivity index (χ0n) is 8.67. The van der Waals surface area contributed by atoms with Gasteiger partial charge in [0.25, 0.3) is 0 Å². The van der Waals surface area contributed by atoms with Crippen LogP contribution in [0.4, 0.5) is 4.39 Å². The van der Waals surface area contributed by atoms with Gasteiger partial charge in [0.05, 0.1) is 4.47 Å². The maximum atomic E-state index is 13.1. The van der Waals surface area contributed by atoms with Gasteiger partial charge in [-0.3, -0.25) is 0 Å². The normalized spacial score (nSPS) is 32.6. The smallest absolute Gasteiger partial charge is 0.153 e. The number of alkyl halides is 1. The summed E-state index contributed by atoms with van der Waals surface area (Å²) in [5.74, 6) is -0.690. The fourth-order valence-corrected chi connectivity index (χ4v) is 3.00. The van der Waals surface area contributed by atoms with Gasteiger partial charge in [-0.25, -0.2) is 4.39 Å². The molecule has 2 rings (SSSR count). The topological polar surface area (TPSA) is 20.2 Å². The maximum absolute atomic E-state index is 13.1. The average Bonchev–Trinajstić information content (AvgIpc) is 2.74. The number of rotatable bonds is 2. The molecule has 1 saturated carbocycles. The van der Waals surface area contributed by atoms with E-state index >= 15 is 0 Å². The lowest BCUT2D eigenvalue weighted by atomic mass is 10.1. The third-order valence-corrected chi connectivity index (χ3v) is 4.01. The van der Waals surface area contributed by atoms with Gasteiger partial charge >= 0.3 is 0 Å². The number of hydrogen-bond donors (Lipinski definition) is 1. The van der Waals surface area contributed by atoms with Crippen molar-refractivity contribution in [3.63, 3.8) is 0 Å². The fraction of sp³-hybridized carbons (Fsp3) is 0.333. The summed E-state index contributed by atoms with van der Waals surface area (Å²) in [7, 11) is 0. The zero-order valence-corrected chi connectivity index (χ0v) is 11.0. The van der Waals surface area contributed by atoms with E-state index in [0.29, 0.717) is 4.47 Å². The Balaban J connectivity index is 2.33. The van der Waals surface area contributed by atoms with E-state index in [1.165, 1.54) is 6.07 Å². The Bertz CT molecular complexity index is 458. The van der Waals surface area contributed by atoms with E-state index in [0.717, 1.165) is 11.1 Å². The van der Waals surface area contributed by atoms with Crippen LogP contribution in [0.1, 0.15) is 18.4 Å². The van der Waals surface area contributed by atoms with Gasteiger partial charge in [0, 0.05) is 11.8 Å². The summed E-state index contributed by atoms with van der Waals surface area (Å²) < 4.78 is 13.5. The Hall–Kier alpha value is -0.380. The Morgan fingerprint density at radius 1 is 1.62 bits per heavy atom. The van der Waals surface area contributed by atoms with Crippen molar-refractivity contribution in [1.29, 1.82) is 0 Å². The molecule has 1 aromatic rings. The summed E-state index contributed by atoms with van der Waals surface area (Å²) in [6.45, 7) is 5.63. The second-order valence-corrected chi connectivity index (χ2v) is 5.66. The Morgan fingerprint density at radius 2 is 2.25 bits per heavy atom. The van der Waals surface area contributed by atoms with Crippen molar-refractivity contribution in [2.75, 3.05) is 0 Å². The maximum Gasteiger partial charge on any atom is 0.153 e. The monoisotopic (exact) mass is 304 g/mol. The second-order valence-electron chi connectivity index (χ2n) is 4.20. The van der Waals surface area contributed by atoms with Gasteiger partial charge < -0.3 is 5.11 Å². The van der Waals surface area contributed by atoms with E-state index in [1.54, 1.807) is 12.1 Å². The summed E-state index contributed by atoms with van der Waals surface area (Å²) in [4.78, 5) is 0. The minimum absolute atomic E-state index is 0.161. The van der Waals surface area contributed by atoms with Crippen LogP contribution in [-0.2, 0) is 0 Å². The van der Waals surface area contributed by atoms with E-state index in [-0.39, 0.29) is 17.7 Å². The summed E-state index contributed by atoms with van der Waals surface area (Å²) in [6.07, 6.45) is 0. The van der Waals surface area contributed by atoms with Crippen LogP contribution < -0.4 is 0 Å². The highest BCUT2D eigenvalue weighted by Crippen LogP contribution is 2.63. The van der Waals surface area contributed by atoms with Gasteiger partial charge in [-0.15, -0.1) is 0 Å². The molecule has 86 valence electrons. The minimum Gasteiger partial charge on any atom is -0.374 e. The van der Waals surface area contributed by atoms with E-state index in [9.17, 15) is 9.50 Å². The highest BCUT2D eigenvalue weighted by molar-refractivity contribution is 9.10. The molecule has 3 unspecified atom stereocenters. The first-order valence-electron chi connectivity index (χ1n) is 4.87. The van der Waals surface area contributed by atoms with E-state index in [2.05, 4.69) is 22.5 Å². The van der Waals surface area contributed by atoms with Gasteiger partial charge in [0.2, 0.25) is 0 Å². The lowest BCUT2D eigenvalue weighted by Crippen LogP contribution is -2.01. The molecule has 3 atom stereocenters. The van der Waals surface area contributed by atoms with Crippen molar-refractivity contribution in [3.8, 4) is 0 Å². The fourth-order valence-electron chi connectivity index (χ4n) is 2.11. The number of hydrogen-bond acceptors (Lipinski definition) is 1. The lowest BCUT2D eigenvalue weighted by Gasteiger charge is -2.02.